The summed E-state index contributed by atoms with van der Waals surface area (Å²) in [6.45, 7) is 0. The lowest BCUT2D eigenvalue weighted by atomic mass is 10.9. The van der Waals surface area contributed by atoms with E-state index in [0.29, 0.717) is 22.9 Å². The quantitative estimate of drug-likeness (QED) is 0.111. The van der Waals surface area contributed by atoms with Crippen molar-refractivity contribution < 1.29 is 0 Å². The van der Waals surface area contributed by atoms with Gasteiger partial charge in [0.2, 0.25) is 0 Å². The van der Waals surface area contributed by atoms with Crippen molar-refractivity contribution in [3.05, 3.63) is 0 Å². The van der Waals surface area contributed by atoms with E-state index < -0.39 is 0 Å². The summed E-state index contributed by atoms with van der Waals surface area (Å²) in [5.41, 5.74) is 0. The molecule has 0 amide bonds. The van der Waals surface area contributed by atoms with E-state index in [-0.39, 0.29) is 0 Å². The van der Waals surface area contributed by atoms with Gasteiger partial charge in [0.1, 0.15) is 0 Å². The van der Waals surface area contributed by atoms with Crippen LogP contribution in [0, 0.1) is 0 Å². The van der Waals surface area contributed by atoms with Crippen LogP contribution < -0.4 is 0 Å². The van der Waals surface area contributed by atoms with Gasteiger partial charge in [-0.05, 0) is 0 Å². The second kappa shape index (κ2) is 17.4. The molecule has 0 aromatic rings. The second-order valence-corrected chi connectivity index (χ2v) is 21.8. The van der Waals surface area contributed by atoms with Gasteiger partial charge in [-0.2, -0.15) is 50.5 Å². The third-order valence-electron chi connectivity index (χ3n) is 3.27. The number of hydrogen-bond donors (Lipinski definition) is 4. The van der Waals surface area contributed by atoms with Gasteiger partial charge in [-0.3, -0.25) is 0 Å². The molecule has 2 aliphatic rings. The standard InChI is InChI=1S/C13H24S14/c14-3-20-9(21-4-15)11(23-6-17)27-13-12(24-7-25-13)26-10(22-5-16)8-18-1-2-19-8/h8-17H,1-7H2. The highest BCUT2D eigenvalue weighted by atomic mass is 32.3. The first kappa shape index (κ1) is 28.1. The summed E-state index contributed by atoms with van der Waals surface area (Å²) in [6, 6.07) is 0. The van der Waals surface area contributed by atoms with E-state index in [4.69, 9.17) is 0 Å². The predicted octanol–water partition coefficient (Wildman–Crippen LogP) is 7.81. The molecule has 2 aliphatic heterocycles. The maximum atomic E-state index is 4.51. The Hall–Kier alpha value is 4.90. The molecular weight excluding hydrogens is 605 g/mol. The first-order valence-electron chi connectivity index (χ1n) is 7.90. The van der Waals surface area contributed by atoms with Gasteiger partial charge in [0.25, 0.3) is 0 Å². The van der Waals surface area contributed by atoms with Crippen LogP contribution in [0.25, 0.3) is 0 Å². The van der Waals surface area contributed by atoms with Crippen LogP contribution in [-0.2, 0) is 0 Å². The van der Waals surface area contributed by atoms with Crippen LogP contribution in [0.4, 0.5) is 0 Å². The zero-order valence-electron chi connectivity index (χ0n) is 14.3. The number of thioether (sulfide) groups is 10. The van der Waals surface area contributed by atoms with Gasteiger partial charge in [0, 0.05) is 36.9 Å². The molecular formula is C13H24S14. The smallest absolute Gasteiger partial charge is 0.0733 e. The summed E-state index contributed by atoms with van der Waals surface area (Å²) < 4.78 is 3.71. The largest absolute Gasteiger partial charge is 0.168 e. The molecule has 0 radical (unpaired) electrons. The zero-order chi connectivity index (χ0) is 19.5. The third kappa shape index (κ3) is 10.4. The highest BCUT2D eigenvalue weighted by molar-refractivity contribution is 8.37. The van der Waals surface area contributed by atoms with E-state index in [2.05, 4.69) is 121 Å². The molecule has 2 fully saturated rings. The molecule has 0 N–H and O–H groups in total. The average Bonchev–Trinajstić information content (AvgIpc) is 3.33. The summed E-state index contributed by atoms with van der Waals surface area (Å²) in [6.07, 6.45) is 0. The fourth-order valence-corrected chi connectivity index (χ4v) is 22.4. The van der Waals surface area contributed by atoms with Gasteiger partial charge in [0.05, 0.1) is 27.5 Å². The topological polar surface area (TPSA) is 0 Å². The molecule has 4 atom stereocenters. The lowest BCUT2D eigenvalue weighted by Crippen LogP contribution is -2.22. The van der Waals surface area contributed by atoms with Crippen molar-refractivity contribution in [3.8, 4) is 0 Å². The summed E-state index contributed by atoms with van der Waals surface area (Å²) in [5, 5.41) is 4.70. The lowest BCUT2D eigenvalue weighted by Gasteiger charge is -2.30. The normalized spacial score (nSPS) is 26.1. The van der Waals surface area contributed by atoms with Crippen LogP contribution in [0.15, 0.2) is 0 Å². The first-order valence-corrected chi connectivity index (χ1v) is 20.7. The van der Waals surface area contributed by atoms with Crippen LogP contribution in [0.2, 0.25) is 0 Å². The van der Waals surface area contributed by atoms with Crippen molar-refractivity contribution >= 4 is 168 Å². The second-order valence-electron chi connectivity index (χ2n) is 4.86. The Morgan fingerprint density at radius 2 is 1.19 bits per heavy atom. The van der Waals surface area contributed by atoms with Gasteiger partial charge in [0.15, 0.2) is 0 Å². The average molecular weight is 629 g/mol. The Morgan fingerprint density at radius 1 is 0.667 bits per heavy atom. The Labute approximate surface area is 229 Å². The molecule has 0 bridgehead atoms. The Bertz CT molecular complexity index is 374. The summed E-state index contributed by atoms with van der Waals surface area (Å²) in [4.78, 5) is 0. The van der Waals surface area contributed by atoms with E-state index in [1.54, 1.807) is 0 Å². The molecule has 4 unspecified atom stereocenters. The van der Waals surface area contributed by atoms with Gasteiger partial charge in [-0.15, -0.1) is 118 Å². The van der Waals surface area contributed by atoms with Crippen molar-refractivity contribution in [1.82, 2.24) is 0 Å². The van der Waals surface area contributed by atoms with Crippen molar-refractivity contribution in [3.63, 3.8) is 0 Å². The molecule has 2 saturated heterocycles. The minimum atomic E-state index is 0.516. The highest BCUT2D eigenvalue weighted by Crippen LogP contribution is 2.56. The molecule has 27 heavy (non-hydrogen) atoms. The van der Waals surface area contributed by atoms with E-state index in [0.717, 1.165) is 24.9 Å². The van der Waals surface area contributed by atoms with Gasteiger partial charge in [-0.1, -0.05) is 0 Å². The maximum Gasteiger partial charge on any atom is 0.0733 e. The molecule has 2 rings (SSSR count). The van der Waals surface area contributed by atoms with Crippen molar-refractivity contribution in [2.75, 3.05) is 36.9 Å². The van der Waals surface area contributed by atoms with E-state index in [1.165, 1.54) is 16.6 Å². The molecule has 2 heterocycles. The molecule has 0 spiro atoms. The molecule has 14 heteroatoms. The Balaban J connectivity index is 1.96. The monoisotopic (exact) mass is 628 g/mol. The number of rotatable bonds is 14. The van der Waals surface area contributed by atoms with Crippen molar-refractivity contribution in [2.45, 2.75) is 27.5 Å². The third-order valence-corrected chi connectivity index (χ3v) is 21.5. The number of thiol groups is 4. The van der Waals surface area contributed by atoms with Crippen molar-refractivity contribution in [2.24, 2.45) is 0 Å². The molecule has 160 valence electrons. The molecule has 0 aromatic heterocycles. The molecule has 0 aliphatic carbocycles. The van der Waals surface area contributed by atoms with E-state index >= 15 is 0 Å². The van der Waals surface area contributed by atoms with E-state index in [9.17, 15) is 0 Å². The molecule has 0 aromatic carbocycles. The van der Waals surface area contributed by atoms with Crippen LogP contribution in [0.3, 0.4) is 0 Å². The molecule has 0 saturated carbocycles. The summed E-state index contributed by atoms with van der Waals surface area (Å²) in [7, 11) is 0. The highest BCUT2D eigenvalue weighted by Gasteiger charge is 2.38. The minimum Gasteiger partial charge on any atom is -0.168 e. The van der Waals surface area contributed by atoms with Crippen molar-refractivity contribution in [1.29, 1.82) is 0 Å². The fraction of sp³-hybridized carbons (Fsp3) is 1.00. The zero-order valence-corrected chi connectivity index (χ0v) is 26.0. The molecule has 0 nitrogen and oxygen atoms in total. The fourth-order valence-electron chi connectivity index (χ4n) is 2.20. The number of hydrogen-bond acceptors (Lipinski definition) is 14. The van der Waals surface area contributed by atoms with Gasteiger partial charge < -0.3 is 0 Å². The maximum absolute atomic E-state index is 4.51. The predicted molar refractivity (Wildman–Crippen MR) is 169 cm³/mol. The van der Waals surface area contributed by atoms with E-state index in [1.807, 2.05) is 47.0 Å². The summed E-state index contributed by atoms with van der Waals surface area (Å²) >= 11 is 38.7. The lowest BCUT2D eigenvalue weighted by molar-refractivity contribution is 1.29. The van der Waals surface area contributed by atoms with Crippen LogP contribution in [-0.4, -0.2) is 64.4 Å². The minimum absolute atomic E-state index is 0.516. The van der Waals surface area contributed by atoms with Crippen LogP contribution in [0.1, 0.15) is 0 Å². The van der Waals surface area contributed by atoms with Gasteiger partial charge in [-0.25, -0.2) is 0 Å². The van der Waals surface area contributed by atoms with Gasteiger partial charge >= 0.3 is 0 Å². The van der Waals surface area contributed by atoms with Crippen LogP contribution in [0.5, 0.6) is 0 Å². The van der Waals surface area contributed by atoms with Crippen LogP contribution >= 0.6 is 168 Å². The summed E-state index contributed by atoms with van der Waals surface area (Å²) in [5.74, 6) is 2.60. The Kier molecular flexibility index (Phi) is 18.1. The first-order chi connectivity index (χ1) is 13.2. The SMILES string of the molecule is SCSC(SCS)C(SCS)SC1SCSC1SC(SCS)C1SCCS1. The Morgan fingerprint density at radius 3 is 1.74 bits per heavy atom.